The van der Waals surface area contributed by atoms with Gasteiger partial charge in [0.05, 0.1) is 19.3 Å². The summed E-state index contributed by atoms with van der Waals surface area (Å²) in [7, 11) is 3.67. The third-order valence-corrected chi connectivity index (χ3v) is 3.20. The van der Waals surface area contributed by atoms with Gasteiger partial charge in [-0.1, -0.05) is 18.2 Å². The number of rotatable bonds is 8. The summed E-state index contributed by atoms with van der Waals surface area (Å²) < 4.78 is 10.7. The maximum atomic E-state index is 10.4. The molecular formula is C15H25NO3. The SMILES string of the molecule is CCOc1ccccc1C(O)CN(C)C(C)COC. The van der Waals surface area contributed by atoms with E-state index in [4.69, 9.17) is 9.47 Å². The summed E-state index contributed by atoms with van der Waals surface area (Å²) in [4.78, 5) is 2.08. The number of aliphatic hydroxyl groups is 1. The van der Waals surface area contributed by atoms with E-state index >= 15 is 0 Å². The van der Waals surface area contributed by atoms with Gasteiger partial charge in [0.2, 0.25) is 0 Å². The summed E-state index contributed by atoms with van der Waals surface area (Å²) in [6.45, 7) is 5.81. The third-order valence-electron chi connectivity index (χ3n) is 3.20. The number of methoxy groups -OCH3 is 1. The van der Waals surface area contributed by atoms with Gasteiger partial charge < -0.3 is 14.6 Å². The molecule has 0 saturated carbocycles. The molecule has 0 spiro atoms. The first-order valence-corrected chi connectivity index (χ1v) is 6.69. The number of nitrogens with zero attached hydrogens (tertiary/aromatic N) is 1. The first-order chi connectivity index (χ1) is 9.10. The van der Waals surface area contributed by atoms with E-state index in [2.05, 4.69) is 11.8 Å². The number of benzene rings is 1. The lowest BCUT2D eigenvalue weighted by molar-refractivity contribution is 0.0696. The molecule has 2 atom stereocenters. The van der Waals surface area contributed by atoms with Gasteiger partial charge in [-0.2, -0.15) is 0 Å². The lowest BCUT2D eigenvalue weighted by atomic mass is 10.1. The predicted molar refractivity (Wildman–Crippen MR) is 76.5 cm³/mol. The molecular weight excluding hydrogens is 242 g/mol. The number of hydrogen-bond donors (Lipinski definition) is 1. The Labute approximate surface area is 115 Å². The summed E-state index contributed by atoms with van der Waals surface area (Å²) in [5.41, 5.74) is 0.834. The van der Waals surface area contributed by atoms with E-state index < -0.39 is 6.10 Å². The Morgan fingerprint density at radius 1 is 1.32 bits per heavy atom. The van der Waals surface area contributed by atoms with Crippen molar-refractivity contribution in [3.8, 4) is 5.75 Å². The minimum atomic E-state index is -0.563. The maximum Gasteiger partial charge on any atom is 0.125 e. The highest BCUT2D eigenvalue weighted by molar-refractivity contribution is 5.35. The zero-order valence-corrected chi connectivity index (χ0v) is 12.3. The monoisotopic (exact) mass is 267 g/mol. The van der Waals surface area contributed by atoms with E-state index in [1.165, 1.54) is 0 Å². The fourth-order valence-corrected chi connectivity index (χ4v) is 1.96. The molecule has 19 heavy (non-hydrogen) atoms. The van der Waals surface area contributed by atoms with E-state index in [9.17, 15) is 5.11 Å². The average molecular weight is 267 g/mol. The zero-order valence-electron chi connectivity index (χ0n) is 12.3. The molecule has 4 heteroatoms. The van der Waals surface area contributed by atoms with Crippen LogP contribution in [-0.2, 0) is 4.74 Å². The lowest BCUT2D eigenvalue weighted by Gasteiger charge is -2.27. The van der Waals surface area contributed by atoms with Crippen molar-refractivity contribution in [2.24, 2.45) is 0 Å². The van der Waals surface area contributed by atoms with Crippen LogP contribution in [0.2, 0.25) is 0 Å². The van der Waals surface area contributed by atoms with Crippen molar-refractivity contribution in [1.29, 1.82) is 0 Å². The van der Waals surface area contributed by atoms with Gasteiger partial charge in [0, 0.05) is 25.3 Å². The minimum Gasteiger partial charge on any atom is -0.493 e. The zero-order chi connectivity index (χ0) is 14.3. The van der Waals surface area contributed by atoms with Gasteiger partial charge in [-0.25, -0.2) is 0 Å². The van der Waals surface area contributed by atoms with Gasteiger partial charge in [0.1, 0.15) is 5.75 Å². The van der Waals surface area contributed by atoms with Crippen LogP contribution < -0.4 is 4.74 Å². The number of para-hydroxylation sites is 1. The van der Waals surface area contributed by atoms with Crippen molar-refractivity contribution in [2.45, 2.75) is 26.0 Å². The van der Waals surface area contributed by atoms with Crippen LogP contribution in [0.3, 0.4) is 0 Å². The van der Waals surface area contributed by atoms with Crippen LogP contribution in [-0.4, -0.2) is 50.0 Å². The van der Waals surface area contributed by atoms with Crippen molar-refractivity contribution >= 4 is 0 Å². The molecule has 0 saturated heterocycles. The summed E-state index contributed by atoms with van der Waals surface area (Å²) in [6, 6.07) is 7.89. The highest BCUT2D eigenvalue weighted by Gasteiger charge is 2.18. The second-order valence-corrected chi connectivity index (χ2v) is 4.73. The quantitative estimate of drug-likeness (QED) is 0.783. The Balaban J connectivity index is 2.69. The summed E-state index contributed by atoms with van der Waals surface area (Å²) in [5.74, 6) is 0.755. The molecule has 0 radical (unpaired) electrons. The summed E-state index contributed by atoms with van der Waals surface area (Å²) in [5, 5.41) is 10.4. The van der Waals surface area contributed by atoms with Crippen LogP contribution in [0.4, 0.5) is 0 Å². The Morgan fingerprint density at radius 3 is 2.63 bits per heavy atom. The Hall–Kier alpha value is -1.10. The van der Waals surface area contributed by atoms with Crippen LogP contribution in [0.5, 0.6) is 5.75 Å². The van der Waals surface area contributed by atoms with Gasteiger partial charge in [0.25, 0.3) is 0 Å². The molecule has 0 heterocycles. The molecule has 0 aliphatic heterocycles. The van der Waals surface area contributed by atoms with Gasteiger partial charge in [0.15, 0.2) is 0 Å². The summed E-state index contributed by atoms with van der Waals surface area (Å²) in [6.07, 6.45) is -0.563. The van der Waals surface area contributed by atoms with Crippen molar-refractivity contribution in [3.63, 3.8) is 0 Å². The topological polar surface area (TPSA) is 41.9 Å². The van der Waals surface area contributed by atoms with Crippen LogP contribution >= 0.6 is 0 Å². The van der Waals surface area contributed by atoms with Gasteiger partial charge in [-0.15, -0.1) is 0 Å². The Bertz CT molecular complexity index is 370. The van der Waals surface area contributed by atoms with E-state index in [1.54, 1.807) is 7.11 Å². The van der Waals surface area contributed by atoms with E-state index in [0.29, 0.717) is 19.8 Å². The van der Waals surface area contributed by atoms with Gasteiger partial charge >= 0.3 is 0 Å². The molecule has 0 aromatic heterocycles. The smallest absolute Gasteiger partial charge is 0.125 e. The molecule has 0 bridgehead atoms. The third kappa shape index (κ3) is 4.82. The maximum absolute atomic E-state index is 10.4. The molecule has 0 amide bonds. The van der Waals surface area contributed by atoms with Crippen molar-refractivity contribution in [2.75, 3.05) is 33.9 Å². The van der Waals surface area contributed by atoms with Crippen molar-refractivity contribution < 1.29 is 14.6 Å². The van der Waals surface area contributed by atoms with E-state index in [-0.39, 0.29) is 6.04 Å². The first-order valence-electron chi connectivity index (χ1n) is 6.69. The minimum absolute atomic E-state index is 0.263. The van der Waals surface area contributed by atoms with Crippen LogP contribution in [0, 0.1) is 0 Å². The molecule has 2 unspecified atom stereocenters. The molecule has 1 aromatic rings. The molecule has 0 aliphatic rings. The highest BCUT2D eigenvalue weighted by Crippen LogP contribution is 2.25. The second kappa shape index (κ2) is 8.15. The Morgan fingerprint density at radius 2 is 2.00 bits per heavy atom. The number of hydrogen-bond acceptors (Lipinski definition) is 4. The largest absolute Gasteiger partial charge is 0.493 e. The fraction of sp³-hybridized carbons (Fsp3) is 0.600. The molecule has 4 nitrogen and oxygen atoms in total. The molecule has 1 rings (SSSR count). The molecule has 1 N–H and O–H groups in total. The van der Waals surface area contributed by atoms with Crippen molar-refractivity contribution in [1.82, 2.24) is 4.90 Å². The molecule has 1 aromatic carbocycles. The highest BCUT2D eigenvalue weighted by atomic mass is 16.5. The first kappa shape index (κ1) is 16.0. The predicted octanol–water partition coefficient (Wildman–Crippen LogP) is 2.09. The Kier molecular flexibility index (Phi) is 6.84. The average Bonchev–Trinajstić information content (AvgIpc) is 2.39. The van der Waals surface area contributed by atoms with Gasteiger partial charge in [-0.3, -0.25) is 4.90 Å². The van der Waals surface area contributed by atoms with Crippen LogP contribution in [0.1, 0.15) is 25.5 Å². The molecule has 0 aliphatic carbocycles. The lowest BCUT2D eigenvalue weighted by Crippen LogP contribution is -2.35. The standard InChI is InChI=1S/C15H25NO3/c1-5-19-15-9-7-6-8-13(15)14(17)10-16(3)12(2)11-18-4/h6-9,12,14,17H,5,10-11H2,1-4H3. The molecule has 0 fully saturated rings. The molecule has 108 valence electrons. The van der Waals surface area contributed by atoms with E-state index in [1.807, 2.05) is 38.2 Å². The van der Waals surface area contributed by atoms with Crippen LogP contribution in [0.25, 0.3) is 0 Å². The van der Waals surface area contributed by atoms with Crippen LogP contribution in [0.15, 0.2) is 24.3 Å². The fourth-order valence-electron chi connectivity index (χ4n) is 1.96. The number of ether oxygens (including phenoxy) is 2. The van der Waals surface area contributed by atoms with Crippen molar-refractivity contribution in [3.05, 3.63) is 29.8 Å². The van der Waals surface area contributed by atoms with E-state index in [0.717, 1.165) is 11.3 Å². The summed E-state index contributed by atoms with van der Waals surface area (Å²) >= 11 is 0. The second-order valence-electron chi connectivity index (χ2n) is 4.73. The number of aliphatic hydroxyl groups excluding tert-OH is 1. The normalized spacial score (nSPS) is 14.4. The number of likely N-dealkylation sites (N-methyl/N-ethyl adjacent to an activating group) is 1. The van der Waals surface area contributed by atoms with Gasteiger partial charge in [-0.05, 0) is 27.0 Å².